The van der Waals surface area contributed by atoms with Gasteiger partial charge in [0.1, 0.15) is 5.76 Å². The Morgan fingerprint density at radius 3 is 2.50 bits per heavy atom. The van der Waals surface area contributed by atoms with Crippen LogP contribution < -0.4 is 0 Å². The number of aryl methyl sites for hydroxylation is 1. The molecule has 0 aromatic carbocycles. The molecule has 1 aromatic heterocycles. The molecule has 0 radical (unpaired) electrons. The van der Waals surface area contributed by atoms with E-state index in [1.807, 2.05) is 13.8 Å². The van der Waals surface area contributed by atoms with Gasteiger partial charge in [0.05, 0.1) is 17.2 Å². The molecular formula is C15H21NO4. The zero-order valence-electron chi connectivity index (χ0n) is 12.0. The first kappa shape index (κ1) is 14.6. The van der Waals surface area contributed by atoms with E-state index in [-0.39, 0.29) is 5.91 Å². The van der Waals surface area contributed by atoms with Crippen LogP contribution in [0.25, 0.3) is 0 Å². The van der Waals surface area contributed by atoms with Gasteiger partial charge in [0.25, 0.3) is 5.91 Å². The van der Waals surface area contributed by atoms with Crippen molar-refractivity contribution in [3.05, 3.63) is 23.7 Å². The highest BCUT2D eigenvalue weighted by atomic mass is 16.4. The van der Waals surface area contributed by atoms with Crippen LogP contribution in [0.2, 0.25) is 0 Å². The Hall–Kier alpha value is -1.78. The molecule has 110 valence electrons. The van der Waals surface area contributed by atoms with Crippen LogP contribution in [-0.2, 0) is 11.2 Å². The maximum Gasteiger partial charge on any atom is 0.309 e. The number of hydrogen-bond donors (Lipinski definition) is 1. The average Bonchev–Trinajstić information content (AvgIpc) is 2.94. The van der Waals surface area contributed by atoms with Crippen molar-refractivity contribution in [2.75, 3.05) is 13.1 Å². The quantitative estimate of drug-likeness (QED) is 0.919. The Bertz CT molecular complexity index is 498. The lowest BCUT2D eigenvalue weighted by atomic mass is 9.76. The van der Waals surface area contributed by atoms with Gasteiger partial charge in [0, 0.05) is 19.5 Å². The van der Waals surface area contributed by atoms with E-state index in [0.717, 1.165) is 0 Å². The minimum absolute atomic E-state index is 0.0503. The van der Waals surface area contributed by atoms with Crippen molar-refractivity contribution in [2.24, 2.45) is 5.41 Å². The number of carbonyl (C=O) groups excluding carboxylic acids is 1. The molecule has 0 atom stereocenters. The van der Waals surface area contributed by atoms with Gasteiger partial charge in [0.2, 0.25) is 0 Å². The number of likely N-dealkylation sites (tertiary alicyclic amines) is 1. The Morgan fingerprint density at radius 2 is 2.00 bits per heavy atom. The Balaban J connectivity index is 2.07. The van der Waals surface area contributed by atoms with Crippen LogP contribution in [0.4, 0.5) is 0 Å². The molecule has 0 bridgehead atoms. The van der Waals surface area contributed by atoms with E-state index in [1.54, 1.807) is 11.0 Å². The first-order chi connectivity index (χ1) is 9.54. The summed E-state index contributed by atoms with van der Waals surface area (Å²) in [6, 6.07) is 1.69. The molecule has 5 nitrogen and oxygen atoms in total. The van der Waals surface area contributed by atoms with E-state index in [2.05, 4.69) is 0 Å². The van der Waals surface area contributed by atoms with Gasteiger partial charge >= 0.3 is 5.97 Å². The van der Waals surface area contributed by atoms with Crippen LogP contribution in [-0.4, -0.2) is 35.0 Å². The standard InChI is InChI=1S/C15H21NO4/c1-3-12-11(5-10-20-12)13(17)16-8-6-15(4-2,7-9-16)14(18)19/h5,10H,3-4,6-9H2,1-2H3,(H,18,19). The van der Waals surface area contributed by atoms with Crippen molar-refractivity contribution in [2.45, 2.75) is 39.5 Å². The molecule has 20 heavy (non-hydrogen) atoms. The summed E-state index contributed by atoms with van der Waals surface area (Å²) >= 11 is 0. The van der Waals surface area contributed by atoms with Crippen molar-refractivity contribution in [3.8, 4) is 0 Å². The molecule has 5 heteroatoms. The highest BCUT2D eigenvalue weighted by molar-refractivity contribution is 5.95. The summed E-state index contributed by atoms with van der Waals surface area (Å²) in [4.78, 5) is 25.6. The fourth-order valence-corrected chi connectivity index (χ4v) is 2.83. The number of piperidine rings is 1. The Kier molecular flexibility index (Phi) is 4.16. The smallest absolute Gasteiger partial charge is 0.309 e. The number of carbonyl (C=O) groups is 2. The summed E-state index contributed by atoms with van der Waals surface area (Å²) < 4.78 is 5.28. The van der Waals surface area contributed by atoms with E-state index >= 15 is 0 Å². The molecule has 0 saturated carbocycles. The lowest BCUT2D eigenvalue weighted by Gasteiger charge is -2.38. The third-order valence-electron chi connectivity index (χ3n) is 4.44. The van der Waals surface area contributed by atoms with Crippen molar-refractivity contribution < 1.29 is 19.1 Å². The summed E-state index contributed by atoms with van der Waals surface area (Å²) in [7, 11) is 0. The first-order valence-corrected chi connectivity index (χ1v) is 7.13. The van der Waals surface area contributed by atoms with E-state index in [9.17, 15) is 14.7 Å². The zero-order valence-corrected chi connectivity index (χ0v) is 12.0. The molecule has 1 aromatic rings. The molecule has 0 spiro atoms. The number of aliphatic carboxylic acids is 1. The van der Waals surface area contributed by atoms with Gasteiger partial charge in [-0.1, -0.05) is 13.8 Å². The van der Waals surface area contributed by atoms with Gasteiger partial charge in [-0.15, -0.1) is 0 Å². The molecule has 2 rings (SSSR count). The molecule has 1 aliphatic rings. The topological polar surface area (TPSA) is 70.8 Å². The fraction of sp³-hybridized carbons (Fsp3) is 0.600. The zero-order chi connectivity index (χ0) is 14.8. The van der Waals surface area contributed by atoms with Crippen LogP contribution in [0.3, 0.4) is 0 Å². The molecule has 1 N–H and O–H groups in total. The number of nitrogens with zero attached hydrogens (tertiary/aromatic N) is 1. The van der Waals surface area contributed by atoms with E-state index in [0.29, 0.717) is 50.1 Å². The molecule has 1 aliphatic heterocycles. The summed E-state index contributed by atoms with van der Waals surface area (Å²) in [5.41, 5.74) is -0.0624. The van der Waals surface area contributed by atoms with Crippen molar-refractivity contribution in [1.82, 2.24) is 4.90 Å². The predicted octanol–water partition coefficient (Wildman–Crippen LogP) is 2.56. The van der Waals surface area contributed by atoms with E-state index in [4.69, 9.17) is 4.42 Å². The number of carboxylic acids is 1. The normalized spacial score (nSPS) is 18.0. The number of amides is 1. The van der Waals surface area contributed by atoms with Crippen molar-refractivity contribution in [3.63, 3.8) is 0 Å². The highest BCUT2D eigenvalue weighted by Crippen LogP contribution is 2.35. The second-order valence-corrected chi connectivity index (χ2v) is 5.34. The summed E-state index contributed by atoms with van der Waals surface area (Å²) in [5.74, 6) is -0.101. The van der Waals surface area contributed by atoms with Crippen molar-refractivity contribution >= 4 is 11.9 Å². The predicted molar refractivity (Wildman–Crippen MR) is 73.6 cm³/mol. The maximum absolute atomic E-state index is 12.4. The second kappa shape index (κ2) is 5.69. The summed E-state index contributed by atoms with van der Waals surface area (Å²) in [6.45, 7) is 4.83. The number of rotatable bonds is 4. The van der Waals surface area contributed by atoms with Gasteiger partial charge in [-0.05, 0) is 25.3 Å². The molecular weight excluding hydrogens is 258 g/mol. The van der Waals surface area contributed by atoms with Crippen LogP contribution in [0.5, 0.6) is 0 Å². The van der Waals surface area contributed by atoms with Crippen LogP contribution in [0.15, 0.2) is 16.7 Å². The molecule has 1 saturated heterocycles. The minimum Gasteiger partial charge on any atom is -0.481 e. The Labute approximate surface area is 118 Å². The van der Waals surface area contributed by atoms with Crippen LogP contribution in [0, 0.1) is 5.41 Å². The van der Waals surface area contributed by atoms with Gasteiger partial charge < -0.3 is 14.4 Å². The second-order valence-electron chi connectivity index (χ2n) is 5.34. The molecule has 0 unspecified atom stereocenters. The molecule has 2 heterocycles. The first-order valence-electron chi connectivity index (χ1n) is 7.13. The number of hydrogen-bond acceptors (Lipinski definition) is 3. The molecule has 1 fully saturated rings. The number of carboxylic acid groups (broad SMARTS) is 1. The third kappa shape index (κ3) is 2.44. The Morgan fingerprint density at radius 1 is 1.35 bits per heavy atom. The van der Waals surface area contributed by atoms with Gasteiger partial charge in [-0.2, -0.15) is 0 Å². The molecule has 1 amide bonds. The lowest BCUT2D eigenvalue weighted by molar-refractivity contribution is -0.152. The van der Waals surface area contributed by atoms with Crippen LogP contribution in [0.1, 0.15) is 49.2 Å². The SMILES string of the molecule is CCc1occc1C(=O)N1CCC(CC)(C(=O)O)CC1. The van der Waals surface area contributed by atoms with E-state index < -0.39 is 11.4 Å². The average molecular weight is 279 g/mol. The monoisotopic (exact) mass is 279 g/mol. The van der Waals surface area contributed by atoms with Crippen molar-refractivity contribution in [1.29, 1.82) is 0 Å². The lowest BCUT2D eigenvalue weighted by Crippen LogP contribution is -2.46. The number of furan rings is 1. The van der Waals surface area contributed by atoms with Gasteiger partial charge in [-0.25, -0.2) is 0 Å². The van der Waals surface area contributed by atoms with Gasteiger partial charge in [-0.3, -0.25) is 9.59 Å². The maximum atomic E-state index is 12.4. The fourth-order valence-electron chi connectivity index (χ4n) is 2.83. The largest absolute Gasteiger partial charge is 0.481 e. The summed E-state index contributed by atoms with van der Waals surface area (Å²) in [5, 5.41) is 9.36. The van der Waals surface area contributed by atoms with E-state index in [1.165, 1.54) is 6.26 Å². The van der Waals surface area contributed by atoms with Crippen LogP contribution >= 0.6 is 0 Å². The minimum atomic E-state index is -0.746. The highest BCUT2D eigenvalue weighted by Gasteiger charge is 2.41. The summed E-state index contributed by atoms with van der Waals surface area (Å²) in [6.07, 6.45) is 3.85. The molecule has 0 aliphatic carbocycles. The third-order valence-corrected chi connectivity index (χ3v) is 4.44. The van der Waals surface area contributed by atoms with Gasteiger partial charge in [0.15, 0.2) is 0 Å².